The smallest absolute Gasteiger partial charge is 0.253 e. The molecule has 1 amide bonds. The van der Waals surface area contributed by atoms with Crippen LogP contribution in [0.1, 0.15) is 55.8 Å². The Morgan fingerprint density at radius 1 is 1.08 bits per heavy atom. The van der Waals surface area contributed by atoms with Gasteiger partial charge in [0.05, 0.1) is 12.2 Å². The van der Waals surface area contributed by atoms with Crippen molar-refractivity contribution in [1.29, 1.82) is 0 Å². The van der Waals surface area contributed by atoms with Crippen LogP contribution in [0, 0.1) is 0 Å². The van der Waals surface area contributed by atoms with E-state index < -0.39 is 0 Å². The summed E-state index contributed by atoms with van der Waals surface area (Å²) in [6, 6.07) is 11.7. The van der Waals surface area contributed by atoms with E-state index in [9.17, 15) is 4.79 Å². The molecule has 0 spiro atoms. The molecule has 0 aliphatic heterocycles. The zero-order chi connectivity index (χ0) is 18.2. The molecule has 0 saturated heterocycles. The SMILES string of the molecule is CCOc1ccc(Nc2ccc(C(=O)NC3CCCCCC3)cn2)cc1. The number of pyridine rings is 1. The van der Waals surface area contributed by atoms with Crippen LogP contribution in [0.5, 0.6) is 5.75 Å². The molecule has 1 aliphatic rings. The van der Waals surface area contributed by atoms with Crippen LogP contribution in [0.4, 0.5) is 11.5 Å². The van der Waals surface area contributed by atoms with Gasteiger partial charge in [0.15, 0.2) is 0 Å². The number of nitrogens with one attached hydrogen (secondary N) is 2. The normalized spacial score (nSPS) is 15.1. The summed E-state index contributed by atoms with van der Waals surface area (Å²) in [6.45, 7) is 2.61. The van der Waals surface area contributed by atoms with Crippen molar-refractivity contribution >= 4 is 17.4 Å². The summed E-state index contributed by atoms with van der Waals surface area (Å²) >= 11 is 0. The minimum absolute atomic E-state index is 0.0305. The van der Waals surface area contributed by atoms with Crippen molar-refractivity contribution in [3.8, 4) is 5.75 Å². The molecule has 1 aliphatic carbocycles. The van der Waals surface area contributed by atoms with Crippen LogP contribution >= 0.6 is 0 Å². The van der Waals surface area contributed by atoms with Crippen LogP contribution in [0.25, 0.3) is 0 Å². The zero-order valence-corrected chi connectivity index (χ0v) is 15.3. The maximum absolute atomic E-state index is 12.4. The predicted molar refractivity (Wildman–Crippen MR) is 104 cm³/mol. The summed E-state index contributed by atoms with van der Waals surface area (Å²) in [5.41, 5.74) is 1.53. The van der Waals surface area contributed by atoms with Crippen molar-refractivity contribution in [2.75, 3.05) is 11.9 Å². The summed E-state index contributed by atoms with van der Waals surface area (Å²) in [4.78, 5) is 16.8. The molecule has 5 nitrogen and oxygen atoms in total. The Hall–Kier alpha value is -2.56. The third kappa shape index (κ3) is 5.22. The lowest BCUT2D eigenvalue weighted by atomic mass is 10.1. The Labute approximate surface area is 155 Å². The van der Waals surface area contributed by atoms with E-state index in [1.165, 1.54) is 25.7 Å². The number of nitrogens with zero attached hydrogens (tertiary/aromatic N) is 1. The maximum Gasteiger partial charge on any atom is 0.253 e. The second-order valence-electron chi connectivity index (χ2n) is 6.68. The highest BCUT2D eigenvalue weighted by Crippen LogP contribution is 2.20. The van der Waals surface area contributed by atoms with Gasteiger partial charge in [0.1, 0.15) is 11.6 Å². The number of hydrogen-bond acceptors (Lipinski definition) is 4. The van der Waals surface area contributed by atoms with Gasteiger partial charge >= 0.3 is 0 Å². The fraction of sp³-hybridized carbons (Fsp3) is 0.429. The number of hydrogen-bond donors (Lipinski definition) is 2. The Balaban J connectivity index is 1.56. The van der Waals surface area contributed by atoms with Crippen molar-refractivity contribution in [3.05, 3.63) is 48.2 Å². The number of carbonyl (C=O) groups is 1. The topological polar surface area (TPSA) is 63.2 Å². The van der Waals surface area contributed by atoms with E-state index in [2.05, 4.69) is 15.6 Å². The van der Waals surface area contributed by atoms with Crippen molar-refractivity contribution in [2.45, 2.75) is 51.5 Å². The summed E-state index contributed by atoms with van der Waals surface area (Å²) in [5, 5.41) is 6.38. The summed E-state index contributed by atoms with van der Waals surface area (Å²) in [6.07, 6.45) is 8.75. The molecule has 1 heterocycles. The van der Waals surface area contributed by atoms with E-state index in [4.69, 9.17) is 4.74 Å². The van der Waals surface area contributed by atoms with Crippen LogP contribution in [0.15, 0.2) is 42.6 Å². The average Bonchev–Trinajstić information content (AvgIpc) is 2.93. The second-order valence-corrected chi connectivity index (χ2v) is 6.68. The highest BCUT2D eigenvalue weighted by Gasteiger charge is 2.15. The lowest BCUT2D eigenvalue weighted by Gasteiger charge is -2.16. The molecule has 5 heteroatoms. The highest BCUT2D eigenvalue weighted by atomic mass is 16.5. The standard InChI is InChI=1S/C21H27N3O2/c1-2-26-19-12-10-18(11-13-19)23-20-14-9-16(15-22-20)21(25)24-17-7-5-3-4-6-8-17/h9-15,17H,2-8H2,1H3,(H,22,23)(H,24,25). The lowest BCUT2D eigenvalue weighted by Crippen LogP contribution is -2.34. The van der Waals surface area contributed by atoms with Gasteiger partial charge in [-0.2, -0.15) is 0 Å². The molecule has 138 valence electrons. The minimum atomic E-state index is -0.0305. The third-order valence-corrected chi connectivity index (χ3v) is 4.65. The van der Waals surface area contributed by atoms with Gasteiger partial charge in [-0.05, 0) is 56.2 Å². The molecule has 1 fully saturated rings. The minimum Gasteiger partial charge on any atom is -0.494 e. The maximum atomic E-state index is 12.4. The number of benzene rings is 1. The Morgan fingerprint density at radius 2 is 1.81 bits per heavy atom. The first-order valence-corrected chi connectivity index (χ1v) is 9.51. The van der Waals surface area contributed by atoms with Gasteiger partial charge < -0.3 is 15.4 Å². The molecule has 3 rings (SSSR count). The van der Waals surface area contributed by atoms with Gasteiger partial charge in [-0.25, -0.2) is 4.98 Å². The van der Waals surface area contributed by atoms with E-state index >= 15 is 0 Å². The fourth-order valence-corrected chi connectivity index (χ4v) is 3.24. The lowest BCUT2D eigenvalue weighted by molar-refractivity contribution is 0.0933. The highest BCUT2D eigenvalue weighted by molar-refractivity contribution is 5.94. The molecule has 0 atom stereocenters. The molecule has 0 unspecified atom stereocenters. The summed E-state index contributed by atoms with van der Waals surface area (Å²) < 4.78 is 5.44. The first-order chi connectivity index (χ1) is 12.7. The molecule has 0 radical (unpaired) electrons. The number of anilines is 2. The van der Waals surface area contributed by atoms with Crippen LogP contribution in [0.2, 0.25) is 0 Å². The third-order valence-electron chi connectivity index (χ3n) is 4.65. The van der Waals surface area contributed by atoms with E-state index in [1.54, 1.807) is 6.20 Å². The van der Waals surface area contributed by atoms with Gasteiger partial charge in [-0.3, -0.25) is 4.79 Å². The Kier molecular flexibility index (Phi) is 6.47. The van der Waals surface area contributed by atoms with Crippen molar-refractivity contribution in [3.63, 3.8) is 0 Å². The Bertz CT molecular complexity index is 690. The van der Waals surface area contributed by atoms with Crippen molar-refractivity contribution < 1.29 is 9.53 Å². The molecule has 1 aromatic heterocycles. The van der Waals surface area contributed by atoms with Crippen LogP contribution in [-0.2, 0) is 0 Å². The van der Waals surface area contributed by atoms with Gasteiger partial charge in [-0.1, -0.05) is 25.7 Å². The number of carbonyl (C=O) groups excluding carboxylic acids is 1. The molecular weight excluding hydrogens is 326 g/mol. The predicted octanol–water partition coefficient (Wildman–Crippen LogP) is 4.68. The van der Waals surface area contributed by atoms with Gasteiger partial charge in [0, 0.05) is 17.9 Å². The average molecular weight is 353 g/mol. The molecule has 0 bridgehead atoms. The van der Waals surface area contributed by atoms with Crippen LogP contribution in [0.3, 0.4) is 0 Å². The number of rotatable bonds is 6. The van der Waals surface area contributed by atoms with Crippen molar-refractivity contribution in [2.24, 2.45) is 0 Å². The quantitative estimate of drug-likeness (QED) is 0.740. The summed E-state index contributed by atoms with van der Waals surface area (Å²) in [7, 11) is 0. The van der Waals surface area contributed by atoms with E-state index in [0.29, 0.717) is 24.0 Å². The second kappa shape index (κ2) is 9.22. The zero-order valence-electron chi connectivity index (χ0n) is 15.3. The van der Waals surface area contributed by atoms with E-state index in [0.717, 1.165) is 24.3 Å². The van der Waals surface area contributed by atoms with Gasteiger partial charge in [0.2, 0.25) is 0 Å². The largest absolute Gasteiger partial charge is 0.494 e. The van der Waals surface area contributed by atoms with Crippen LogP contribution < -0.4 is 15.4 Å². The molecule has 1 aromatic carbocycles. The number of ether oxygens (including phenoxy) is 1. The Morgan fingerprint density at radius 3 is 2.42 bits per heavy atom. The molecule has 26 heavy (non-hydrogen) atoms. The summed E-state index contributed by atoms with van der Waals surface area (Å²) in [5.74, 6) is 1.52. The van der Waals surface area contributed by atoms with Crippen LogP contribution in [-0.4, -0.2) is 23.5 Å². The first-order valence-electron chi connectivity index (χ1n) is 9.51. The number of aromatic nitrogens is 1. The van der Waals surface area contributed by atoms with Gasteiger partial charge in [-0.15, -0.1) is 0 Å². The molecular formula is C21H27N3O2. The van der Waals surface area contributed by atoms with E-state index in [1.807, 2.05) is 43.3 Å². The fourth-order valence-electron chi connectivity index (χ4n) is 3.24. The molecule has 2 N–H and O–H groups in total. The van der Waals surface area contributed by atoms with E-state index in [-0.39, 0.29) is 5.91 Å². The molecule has 1 saturated carbocycles. The number of amides is 1. The monoisotopic (exact) mass is 353 g/mol. The van der Waals surface area contributed by atoms with Crippen molar-refractivity contribution in [1.82, 2.24) is 10.3 Å². The first kappa shape index (κ1) is 18.2. The van der Waals surface area contributed by atoms with Gasteiger partial charge in [0.25, 0.3) is 5.91 Å². The molecule has 2 aromatic rings.